The Balaban J connectivity index is 1.44. The Kier molecular flexibility index (Phi) is 5.03. The maximum Gasteiger partial charge on any atom is 0.237 e. The third-order valence-corrected chi connectivity index (χ3v) is 5.31. The van der Waals surface area contributed by atoms with Gasteiger partial charge in [0.1, 0.15) is 24.0 Å². The van der Waals surface area contributed by atoms with E-state index in [-0.39, 0.29) is 23.9 Å². The lowest BCUT2D eigenvalue weighted by Gasteiger charge is -2.31. The molecule has 142 valence electrons. The summed E-state index contributed by atoms with van der Waals surface area (Å²) in [7, 11) is 1.99. The second-order valence-corrected chi connectivity index (χ2v) is 7.25. The second-order valence-electron chi connectivity index (χ2n) is 7.25. The minimum atomic E-state index is -0.315. The Labute approximate surface area is 157 Å². The van der Waals surface area contributed by atoms with Gasteiger partial charge in [-0.3, -0.25) is 9.69 Å². The van der Waals surface area contributed by atoms with Gasteiger partial charge in [-0.15, -0.1) is 0 Å². The topological polar surface area (TPSA) is 67.4 Å². The van der Waals surface area contributed by atoms with Crippen LogP contribution in [0.2, 0.25) is 0 Å². The van der Waals surface area contributed by atoms with Crippen LogP contribution in [0.5, 0.6) is 5.75 Å². The molecular weight excluding hydrogens is 347 g/mol. The molecule has 2 aromatic rings. The molecule has 4 rings (SSSR count). The van der Waals surface area contributed by atoms with Crippen LogP contribution in [0.25, 0.3) is 11.1 Å². The summed E-state index contributed by atoms with van der Waals surface area (Å²) in [4.78, 5) is 22.6. The zero-order valence-electron chi connectivity index (χ0n) is 15.3. The van der Waals surface area contributed by atoms with Crippen molar-refractivity contribution in [2.24, 2.45) is 0 Å². The number of carbonyl (C=O) groups excluding carboxylic acids is 1. The standard InChI is InChI=1S/C20H23FN4O2/c1-25-5-3-2-4-18(25)20(26)24-11-16-7-13-6-15(21)8-17(19(13)27-16)14-9-22-12-23-10-14/h6,8-10,12,16,18H,2-5,7,11H2,1H3,(H,24,26). The summed E-state index contributed by atoms with van der Waals surface area (Å²) < 4.78 is 20.1. The fraction of sp³-hybridized carbons (Fsp3) is 0.450. The molecule has 0 bridgehead atoms. The molecule has 1 amide bonds. The minimum Gasteiger partial charge on any atom is -0.487 e. The number of benzene rings is 1. The number of likely N-dealkylation sites (tertiary alicyclic amines) is 1. The fourth-order valence-corrected chi connectivity index (χ4v) is 3.90. The number of rotatable bonds is 4. The maximum atomic E-state index is 14.1. The van der Waals surface area contributed by atoms with Crippen molar-refractivity contribution in [2.75, 3.05) is 20.1 Å². The highest BCUT2D eigenvalue weighted by Gasteiger charge is 2.30. The van der Waals surface area contributed by atoms with Gasteiger partial charge in [0, 0.05) is 35.5 Å². The fourth-order valence-electron chi connectivity index (χ4n) is 3.90. The van der Waals surface area contributed by atoms with Crippen LogP contribution in [0.3, 0.4) is 0 Å². The number of piperidine rings is 1. The predicted molar refractivity (Wildman–Crippen MR) is 98.8 cm³/mol. The first kappa shape index (κ1) is 17.9. The molecular formula is C20H23FN4O2. The van der Waals surface area contributed by atoms with Gasteiger partial charge in [-0.2, -0.15) is 0 Å². The van der Waals surface area contributed by atoms with Gasteiger partial charge in [-0.05, 0) is 38.6 Å². The Bertz CT molecular complexity index is 830. The highest BCUT2D eigenvalue weighted by molar-refractivity contribution is 5.81. The SMILES string of the molecule is CN1CCCCC1C(=O)NCC1Cc2cc(F)cc(-c3cncnc3)c2O1. The van der Waals surface area contributed by atoms with E-state index in [4.69, 9.17) is 4.74 Å². The van der Waals surface area contributed by atoms with Crippen LogP contribution in [0, 0.1) is 5.82 Å². The molecule has 0 spiro atoms. The van der Waals surface area contributed by atoms with E-state index in [9.17, 15) is 9.18 Å². The molecule has 1 saturated heterocycles. The lowest BCUT2D eigenvalue weighted by atomic mass is 10.0. The van der Waals surface area contributed by atoms with Crippen LogP contribution in [-0.2, 0) is 11.2 Å². The summed E-state index contributed by atoms with van der Waals surface area (Å²) in [6.45, 7) is 1.36. The zero-order valence-corrected chi connectivity index (χ0v) is 15.3. The summed E-state index contributed by atoms with van der Waals surface area (Å²) in [5.41, 5.74) is 2.16. The summed E-state index contributed by atoms with van der Waals surface area (Å²) in [6, 6.07) is 2.87. The highest BCUT2D eigenvalue weighted by atomic mass is 19.1. The molecule has 1 aromatic carbocycles. The van der Waals surface area contributed by atoms with Crippen molar-refractivity contribution in [3.05, 3.63) is 42.2 Å². The van der Waals surface area contributed by atoms with Crippen molar-refractivity contribution in [3.8, 4) is 16.9 Å². The van der Waals surface area contributed by atoms with Crippen LogP contribution < -0.4 is 10.1 Å². The average Bonchev–Trinajstić information content (AvgIpc) is 3.09. The van der Waals surface area contributed by atoms with Gasteiger partial charge in [-0.1, -0.05) is 6.42 Å². The molecule has 1 N–H and O–H groups in total. The summed E-state index contributed by atoms with van der Waals surface area (Å²) in [5.74, 6) is 0.379. The molecule has 27 heavy (non-hydrogen) atoms. The maximum absolute atomic E-state index is 14.1. The molecule has 0 aliphatic carbocycles. The van der Waals surface area contributed by atoms with Gasteiger partial charge < -0.3 is 10.1 Å². The van der Waals surface area contributed by atoms with Crippen molar-refractivity contribution >= 4 is 5.91 Å². The number of nitrogens with zero attached hydrogens (tertiary/aromatic N) is 3. The van der Waals surface area contributed by atoms with Crippen LogP contribution in [0.4, 0.5) is 4.39 Å². The number of amides is 1. The molecule has 6 nitrogen and oxygen atoms in total. The normalized spacial score (nSPS) is 22.1. The first-order chi connectivity index (χ1) is 13.1. The molecule has 7 heteroatoms. The van der Waals surface area contributed by atoms with Gasteiger partial charge in [-0.25, -0.2) is 14.4 Å². The van der Waals surface area contributed by atoms with Gasteiger partial charge in [0.05, 0.1) is 12.6 Å². The predicted octanol–water partition coefficient (Wildman–Crippen LogP) is 2.19. The largest absolute Gasteiger partial charge is 0.487 e. The molecule has 0 saturated carbocycles. The van der Waals surface area contributed by atoms with E-state index in [1.165, 1.54) is 18.5 Å². The molecule has 1 fully saturated rings. The molecule has 3 heterocycles. The van der Waals surface area contributed by atoms with E-state index < -0.39 is 0 Å². The number of hydrogen-bond acceptors (Lipinski definition) is 5. The van der Waals surface area contributed by atoms with E-state index in [0.717, 1.165) is 31.4 Å². The second kappa shape index (κ2) is 7.60. The third-order valence-electron chi connectivity index (χ3n) is 5.31. The third kappa shape index (κ3) is 3.78. The summed E-state index contributed by atoms with van der Waals surface area (Å²) in [6.07, 6.45) is 8.17. The van der Waals surface area contributed by atoms with Gasteiger partial charge in [0.2, 0.25) is 5.91 Å². The van der Waals surface area contributed by atoms with E-state index in [0.29, 0.717) is 29.8 Å². The molecule has 0 radical (unpaired) electrons. The van der Waals surface area contributed by atoms with Crippen LogP contribution in [-0.4, -0.2) is 53.1 Å². The van der Waals surface area contributed by atoms with E-state index in [2.05, 4.69) is 20.2 Å². The Morgan fingerprint density at radius 3 is 2.93 bits per heavy atom. The first-order valence-corrected chi connectivity index (χ1v) is 9.34. The Hall–Kier alpha value is -2.54. The van der Waals surface area contributed by atoms with Crippen molar-refractivity contribution in [3.63, 3.8) is 0 Å². The molecule has 2 aliphatic rings. The lowest BCUT2D eigenvalue weighted by Crippen LogP contribution is -2.49. The number of ether oxygens (including phenoxy) is 1. The number of carbonyl (C=O) groups is 1. The molecule has 2 aliphatic heterocycles. The number of fused-ring (bicyclic) bond motifs is 1. The summed E-state index contributed by atoms with van der Waals surface area (Å²) in [5, 5.41) is 3.01. The van der Waals surface area contributed by atoms with Crippen LogP contribution in [0.15, 0.2) is 30.9 Å². The molecule has 1 aromatic heterocycles. The number of likely N-dealkylation sites (N-methyl/N-ethyl adjacent to an activating group) is 1. The monoisotopic (exact) mass is 370 g/mol. The zero-order chi connectivity index (χ0) is 18.8. The Morgan fingerprint density at radius 1 is 1.33 bits per heavy atom. The van der Waals surface area contributed by atoms with E-state index in [1.807, 2.05) is 7.05 Å². The van der Waals surface area contributed by atoms with Gasteiger partial charge in [0.25, 0.3) is 0 Å². The first-order valence-electron chi connectivity index (χ1n) is 9.34. The van der Waals surface area contributed by atoms with Crippen molar-refractivity contribution in [1.82, 2.24) is 20.2 Å². The van der Waals surface area contributed by atoms with Crippen LogP contribution >= 0.6 is 0 Å². The lowest BCUT2D eigenvalue weighted by molar-refractivity contribution is -0.127. The molecule has 2 unspecified atom stereocenters. The summed E-state index contributed by atoms with van der Waals surface area (Å²) >= 11 is 0. The molecule has 2 atom stereocenters. The smallest absolute Gasteiger partial charge is 0.237 e. The van der Waals surface area contributed by atoms with Gasteiger partial charge >= 0.3 is 0 Å². The van der Waals surface area contributed by atoms with Crippen molar-refractivity contribution < 1.29 is 13.9 Å². The quantitative estimate of drug-likeness (QED) is 0.894. The Morgan fingerprint density at radius 2 is 2.15 bits per heavy atom. The van der Waals surface area contributed by atoms with Gasteiger partial charge in [0.15, 0.2) is 0 Å². The number of halogens is 1. The van der Waals surface area contributed by atoms with Crippen molar-refractivity contribution in [2.45, 2.75) is 37.8 Å². The number of hydrogen-bond donors (Lipinski definition) is 1. The van der Waals surface area contributed by atoms with Crippen LogP contribution in [0.1, 0.15) is 24.8 Å². The number of nitrogens with one attached hydrogen (secondary N) is 1. The van der Waals surface area contributed by atoms with Crippen molar-refractivity contribution in [1.29, 1.82) is 0 Å². The minimum absolute atomic E-state index is 0.0413. The highest BCUT2D eigenvalue weighted by Crippen LogP contribution is 2.39. The van der Waals surface area contributed by atoms with E-state index >= 15 is 0 Å². The number of aromatic nitrogens is 2. The van der Waals surface area contributed by atoms with E-state index in [1.54, 1.807) is 12.4 Å². The average molecular weight is 370 g/mol.